The molecule has 0 bridgehead atoms. The van der Waals surface area contributed by atoms with Gasteiger partial charge in [-0.25, -0.2) is 0 Å². The van der Waals surface area contributed by atoms with Crippen LogP contribution >= 0.6 is 11.8 Å². The van der Waals surface area contributed by atoms with Crippen LogP contribution in [0.4, 0.5) is 11.4 Å². The molecule has 1 N–H and O–H groups in total. The second-order valence-corrected chi connectivity index (χ2v) is 6.47. The summed E-state index contributed by atoms with van der Waals surface area (Å²) in [6.45, 7) is 2.25. The molecule has 0 saturated heterocycles. The van der Waals surface area contributed by atoms with Crippen molar-refractivity contribution in [2.75, 3.05) is 22.5 Å². The lowest BCUT2D eigenvalue weighted by Gasteiger charge is -2.17. The lowest BCUT2D eigenvalue weighted by Crippen LogP contribution is -2.30. The van der Waals surface area contributed by atoms with Gasteiger partial charge in [0.25, 0.3) is 0 Å². The largest absolute Gasteiger partial charge is 0.326 e. The maximum atomic E-state index is 12.4. The fourth-order valence-electron chi connectivity index (χ4n) is 2.66. The van der Waals surface area contributed by atoms with Gasteiger partial charge in [-0.1, -0.05) is 18.2 Å². The molecule has 1 aliphatic heterocycles. The molecule has 0 saturated carbocycles. The zero-order chi connectivity index (χ0) is 16.2. The molecule has 0 spiro atoms. The molecule has 118 valence electrons. The van der Waals surface area contributed by atoms with Gasteiger partial charge in [0.2, 0.25) is 11.8 Å². The van der Waals surface area contributed by atoms with Crippen LogP contribution in [-0.2, 0) is 16.0 Å². The lowest BCUT2D eigenvalue weighted by atomic mass is 10.2. The molecule has 2 aromatic carbocycles. The topological polar surface area (TPSA) is 49.4 Å². The van der Waals surface area contributed by atoms with Crippen LogP contribution in [0.1, 0.15) is 12.5 Å². The van der Waals surface area contributed by atoms with Crippen LogP contribution in [0.15, 0.2) is 53.4 Å². The first kappa shape index (κ1) is 15.6. The molecule has 0 fully saturated rings. The molecule has 5 heteroatoms. The van der Waals surface area contributed by atoms with Crippen LogP contribution < -0.4 is 10.2 Å². The molecular formula is C18H18N2O2S. The van der Waals surface area contributed by atoms with E-state index in [4.69, 9.17) is 0 Å². The Morgan fingerprint density at radius 2 is 1.87 bits per heavy atom. The number of rotatable bonds is 4. The first-order chi connectivity index (χ1) is 11.1. The van der Waals surface area contributed by atoms with E-state index in [1.165, 1.54) is 24.2 Å². The third-order valence-electron chi connectivity index (χ3n) is 3.73. The fraction of sp³-hybridized carbons (Fsp3) is 0.222. The number of thioether (sulfide) groups is 1. The highest BCUT2D eigenvalue weighted by Gasteiger charge is 2.23. The van der Waals surface area contributed by atoms with Gasteiger partial charge in [0.15, 0.2) is 0 Å². The van der Waals surface area contributed by atoms with Gasteiger partial charge in [0.1, 0.15) is 0 Å². The summed E-state index contributed by atoms with van der Waals surface area (Å²) in [4.78, 5) is 26.3. The van der Waals surface area contributed by atoms with E-state index in [9.17, 15) is 9.59 Å². The van der Waals surface area contributed by atoms with Gasteiger partial charge < -0.3 is 10.2 Å². The van der Waals surface area contributed by atoms with E-state index in [-0.39, 0.29) is 11.8 Å². The molecule has 0 atom stereocenters. The summed E-state index contributed by atoms with van der Waals surface area (Å²) in [5.41, 5.74) is 3.05. The zero-order valence-electron chi connectivity index (χ0n) is 12.9. The Labute approximate surface area is 139 Å². The molecule has 1 heterocycles. The number of nitrogens with one attached hydrogen (secondary N) is 1. The van der Waals surface area contributed by atoms with Crippen molar-refractivity contribution >= 4 is 35.0 Å². The van der Waals surface area contributed by atoms with E-state index in [0.717, 1.165) is 29.2 Å². The summed E-state index contributed by atoms with van der Waals surface area (Å²) in [5.74, 6) is 0.451. The van der Waals surface area contributed by atoms with Crippen LogP contribution in [-0.4, -0.2) is 24.1 Å². The molecular weight excluding hydrogens is 308 g/mol. The molecule has 2 amide bonds. The van der Waals surface area contributed by atoms with Crippen LogP contribution in [0.2, 0.25) is 0 Å². The maximum Gasteiger partial charge on any atom is 0.237 e. The fourth-order valence-corrected chi connectivity index (χ4v) is 3.43. The first-order valence-corrected chi connectivity index (χ1v) is 8.51. The van der Waals surface area contributed by atoms with Crippen molar-refractivity contribution in [3.05, 3.63) is 54.1 Å². The number of fused-ring (bicyclic) bond motifs is 1. The zero-order valence-corrected chi connectivity index (χ0v) is 13.7. The smallest absolute Gasteiger partial charge is 0.237 e. The van der Waals surface area contributed by atoms with Gasteiger partial charge in [-0.15, -0.1) is 11.8 Å². The van der Waals surface area contributed by atoms with Crippen LogP contribution in [0.3, 0.4) is 0 Å². The first-order valence-electron chi connectivity index (χ1n) is 7.52. The van der Waals surface area contributed by atoms with E-state index < -0.39 is 0 Å². The van der Waals surface area contributed by atoms with Crippen molar-refractivity contribution in [3.63, 3.8) is 0 Å². The summed E-state index contributed by atoms with van der Waals surface area (Å²) in [6.07, 6.45) is 0.929. The second kappa shape index (κ2) is 6.87. The minimum atomic E-state index is -0.0896. The quantitative estimate of drug-likeness (QED) is 0.877. The minimum Gasteiger partial charge on any atom is -0.326 e. The Balaban J connectivity index is 1.58. The number of anilines is 2. The molecule has 1 aliphatic rings. The van der Waals surface area contributed by atoms with Crippen molar-refractivity contribution < 1.29 is 9.59 Å². The number of amides is 2. The number of hydrogen-bond donors (Lipinski definition) is 1. The normalized spacial score (nSPS) is 12.8. The van der Waals surface area contributed by atoms with Gasteiger partial charge in [-0.05, 0) is 42.3 Å². The summed E-state index contributed by atoms with van der Waals surface area (Å²) in [6, 6.07) is 15.6. The van der Waals surface area contributed by atoms with Gasteiger partial charge in [-0.2, -0.15) is 0 Å². The van der Waals surface area contributed by atoms with Gasteiger partial charge >= 0.3 is 0 Å². The molecule has 0 unspecified atom stereocenters. The summed E-state index contributed by atoms with van der Waals surface area (Å²) < 4.78 is 0. The monoisotopic (exact) mass is 326 g/mol. The van der Waals surface area contributed by atoms with E-state index in [2.05, 4.69) is 11.4 Å². The number of carbonyl (C=O) groups is 2. The van der Waals surface area contributed by atoms with Crippen molar-refractivity contribution in [2.24, 2.45) is 0 Å². The average molecular weight is 326 g/mol. The highest BCUT2D eigenvalue weighted by Crippen LogP contribution is 2.29. The number of hydrogen-bond acceptors (Lipinski definition) is 3. The predicted octanol–water partition coefficient (Wildman–Crippen LogP) is 3.33. The molecule has 0 aliphatic carbocycles. The third-order valence-corrected chi connectivity index (χ3v) is 4.72. The maximum absolute atomic E-state index is 12.4. The Morgan fingerprint density at radius 1 is 1.13 bits per heavy atom. The molecule has 0 aromatic heterocycles. The van der Waals surface area contributed by atoms with Crippen molar-refractivity contribution in [3.8, 4) is 0 Å². The number of para-hydroxylation sites is 1. The van der Waals surface area contributed by atoms with Crippen molar-refractivity contribution in [2.45, 2.75) is 18.2 Å². The number of benzene rings is 2. The van der Waals surface area contributed by atoms with Gasteiger partial charge in [0, 0.05) is 29.7 Å². The van der Waals surface area contributed by atoms with E-state index in [0.29, 0.717) is 5.75 Å². The SMILES string of the molecule is CC(=O)Nc1ccc(SCC(=O)N2CCc3ccccc32)cc1. The Morgan fingerprint density at radius 3 is 2.61 bits per heavy atom. The second-order valence-electron chi connectivity index (χ2n) is 5.42. The number of nitrogens with zero attached hydrogens (tertiary/aromatic N) is 1. The lowest BCUT2D eigenvalue weighted by molar-refractivity contribution is -0.116. The van der Waals surface area contributed by atoms with Crippen LogP contribution in [0, 0.1) is 0 Å². The summed E-state index contributed by atoms with van der Waals surface area (Å²) >= 11 is 1.51. The van der Waals surface area contributed by atoms with E-state index >= 15 is 0 Å². The van der Waals surface area contributed by atoms with Crippen molar-refractivity contribution in [1.29, 1.82) is 0 Å². The average Bonchev–Trinajstić information content (AvgIpc) is 2.97. The van der Waals surface area contributed by atoms with Crippen molar-refractivity contribution in [1.82, 2.24) is 0 Å². The molecule has 4 nitrogen and oxygen atoms in total. The molecule has 2 aromatic rings. The minimum absolute atomic E-state index is 0.0896. The number of carbonyl (C=O) groups excluding carboxylic acids is 2. The highest BCUT2D eigenvalue weighted by atomic mass is 32.2. The standard InChI is InChI=1S/C18H18N2O2S/c1-13(21)19-15-6-8-16(9-7-15)23-12-18(22)20-11-10-14-4-2-3-5-17(14)20/h2-9H,10-12H2,1H3,(H,19,21). The molecule has 0 radical (unpaired) electrons. The van der Waals surface area contributed by atoms with E-state index in [1.54, 1.807) is 0 Å². The third kappa shape index (κ3) is 3.74. The van der Waals surface area contributed by atoms with Crippen LogP contribution in [0.25, 0.3) is 0 Å². The van der Waals surface area contributed by atoms with Crippen LogP contribution in [0.5, 0.6) is 0 Å². The van der Waals surface area contributed by atoms with E-state index in [1.807, 2.05) is 47.4 Å². The van der Waals surface area contributed by atoms with Gasteiger partial charge in [-0.3, -0.25) is 9.59 Å². The van der Waals surface area contributed by atoms with Gasteiger partial charge in [0.05, 0.1) is 5.75 Å². The Hall–Kier alpha value is -2.27. The summed E-state index contributed by atoms with van der Waals surface area (Å²) in [5, 5.41) is 2.73. The Bertz CT molecular complexity index is 728. The highest BCUT2D eigenvalue weighted by molar-refractivity contribution is 8.00. The molecule has 3 rings (SSSR count). The molecule has 23 heavy (non-hydrogen) atoms. The summed E-state index contributed by atoms with van der Waals surface area (Å²) in [7, 11) is 0. The Kier molecular flexibility index (Phi) is 4.67. The predicted molar refractivity (Wildman–Crippen MR) is 94.0 cm³/mol.